The van der Waals surface area contributed by atoms with Crippen molar-refractivity contribution in [1.29, 1.82) is 0 Å². The van der Waals surface area contributed by atoms with Crippen LogP contribution in [-0.4, -0.2) is 27.3 Å². The van der Waals surface area contributed by atoms with E-state index in [1.165, 1.54) is 12.1 Å². The van der Waals surface area contributed by atoms with E-state index in [4.69, 9.17) is 5.11 Å². The van der Waals surface area contributed by atoms with Gasteiger partial charge in [0.15, 0.2) is 0 Å². The fraction of sp³-hybridized carbons (Fsp3) is 0.500. The van der Waals surface area contributed by atoms with E-state index in [0.29, 0.717) is 12.0 Å². The van der Waals surface area contributed by atoms with Crippen molar-refractivity contribution in [3.8, 4) is 11.5 Å². The van der Waals surface area contributed by atoms with Gasteiger partial charge in [-0.25, -0.2) is 0 Å². The summed E-state index contributed by atoms with van der Waals surface area (Å²) in [5, 5.41) is 31.1. The quantitative estimate of drug-likeness (QED) is 0.634. The van der Waals surface area contributed by atoms with Gasteiger partial charge >= 0.3 is 5.97 Å². The number of hydrogen-bond donors (Lipinski definition) is 4. The number of carboxylic acid groups (broad SMARTS) is 1. The molecule has 1 rings (SSSR count). The summed E-state index contributed by atoms with van der Waals surface area (Å²) in [6, 6.07) is 3.30. The summed E-state index contributed by atoms with van der Waals surface area (Å²) in [6.07, 6.45) is 0.512. The molecule has 0 aliphatic rings. The zero-order valence-corrected chi connectivity index (χ0v) is 11.4. The summed E-state index contributed by atoms with van der Waals surface area (Å²) in [5.74, 6) is -0.716. The van der Waals surface area contributed by atoms with Gasteiger partial charge in [0.25, 0.3) is 0 Å². The lowest BCUT2D eigenvalue weighted by Crippen LogP contribution is -2.39. The lowest BCUT2D eigenvalue weighted by atomic mass is 10.0. The molecule has 1 aromatic carbocycles. The Bertz CT molecular complexity index is 445. The van der Waals surface area contributed by atoms with Crippen LogP contribution in [0.25, 0.3) is 0 Å². The van der Waals surface area contributed by atoms with Crippen LogP contribution in [0.1, 0.15) is 38.8 Å². The van der Waals surface area contributed by atoms with Crippen molar-refractivity contribution in [2.75, 3.05) is 0 Å². The number of phenols is 2. The molecule has 0 heterocycles. The van der Waals surface area contributed by atoms with Crippen molar-refractivity contribution in [2.45, 2.75) is 39.3 Å². The molecule has 2 atom stereocenters. The average Bonchev–Trinajstić information content (AvgIpc) is 2.26. The second-order valence-corrected chi connectivity index (χ2v) is 5.15. The molecule has 1 aromatic rings. The van der Waals surface area contributed by atoms with Crippen LogP contribution in [-0.2, 0) is 4.79 Å². The number of hydrogen-bond acceptors (Lipinski definition) is 4. The maximum absolute atomic E-state index is 11.2. The molecule has 0 spiro atoms. The third-order valence-electron chi connectivity index (χ3n) is 2.94. The van der Waals surface area contributed by atoms with Crippen LogP contribution in [0.15, 0.2) is 18.2 Å². The zero-order chi connectivity index (χ0) is 14.6. The van der Waals surface area contributed by atoms with E-state index in [1.807, 2.05) is 13.8 Å². The molecule has 0 radical (unpaired) electrons. The molecule has 0 bridgehead atoms. The summed E-state index contributed by atoms with van der Waals surface area (Å²) in [7, 11) is 0. The van der Waals surface area contributed by atoms with E-state index in [1.54, 1.807) is 13.0 Å². The third kappa shape index (κ3) is 4.44. The molecule has 19 heavy (non-hydrogen) atoms. The first-order valence-electron chi connectivity index (χ1n) is 6.32. The van der Waals surface area contributed by atoms with Crippen LogP contribution in [0, 0.1) is 5.92 Å². The highest BCUT2D eigenvalue weighted by atomic mass is 16.4. The lowest BCUT2D eigenvalue weighted by molar-refractivity contribution is -0.140. The summed E-state index contributed by atoms with van der Waals surface area (Å²) in [4.78, 5) is 11.2. The first-order chi connectivity index (χ1) is 8.81. The van der Waals surface area contributed by atoms with Gasteiger partial charge in [0.05, 0.1) is 0 Å². The SMILES string of the molecule is CC(C)CC(NC(C)c1ccc(O)cc1O)C(=O)O. The van der Waals surface area contributed by atoms with E-state index in [2.05, 4.69) is 5.32 Å². The van der Waals surface area contributed by atoms with Crippen molar-refractivity contribution >= 4 is 5.97 Å². The van der Waals surface area contributed by atoms with Crippen molar-refractivity contribution in [1.82, 2.24) is 5.32 Å². The van der Waals surface area contributed by atoms with E-state index >= 15 is 0 Å². The normalized spacial score (nSPS) is 14.3. The minimum Gasteiger partial charge on any atom is -0.508 e. The van der Waals surface area contributed by atoms with Crippen LogP contribution in [0.4, 0.5) is 0 Å². The topological polar surface area (TPSA) is 89.8 Å². The molecular formula is C14H21NO4. The number of carboxylic acids is 1. The molecule has 0 aromatic heterocycles. The number of nitrogens with one attached hydrogen (secondary N) is 1. The van der Waals surface area contributed by atoms with Crippen molar-refractivity contribution in [2.24, 2.45) is 5.92 Å². The van der Waals surface area contributed by atoms with E-state index in [-0.39, 0.29) is 23.5 Å². The monoisotopic (exact) mass is 267 g/mol. The molecule has 2 unspecified atom stereocenters. The predicted octanol–water partition coefficient (Wildman–Crippen LogP) is 2.25. The van der Waals surface area contributed by atoms with Gasteiger partial charge in [-0.2, -0.15) is 0 Å². The molecule has 0 saturated carbocycles. The zero-order valence-electron chi connectivity index (χ0n) is 11.4. The van der Waals surface area contributed by atoms with Crippen LogP contribution >= 0.6 is 0 Å². The lowest BCUT2D eigenvalue weighted by Gasteiger charge is -2.22. The fourth-order valence-electron chi connectivity index (χ4n) is 2.00. The Morgan fingerprint density at radius 3 is 2.37 bits per heavy atom. The van der Waals surface area contributed by atoms with Gasteiger partial charge < -0.3 is 15.3 Å². The highest BCUT2D eigenvalue weighted by Crippen LogP contribution is 2.28. The van der Waals surface area contributed by atoms with Crippen LogP contribution < -0.4 is 5.32 Å². The van der Waals surface area contributed by atoms with Gasteiger partial charge in [0, 0.05) is 17.7 Å². The molecule has 0 amide bonds. The summed E-state index contributed by atoms with van der Waals surface area (Å²) < 4.78 is 0. The van der Waals surface area contributed by atoms with Gasteiger partial charge in [-0.1, -0.05) is 19.9 Å². The summed E-state index contributed by atoms with van der Waals surface area (Å²) >= 11 is 0. The second-order valence-electron chi connectivity index (χ2n) is 5.15. The smallest absolute Gasteiger partial charge is 0.320 e. The minimum absolute atomic E-state index is 0.0228. The molecule has 0 aliphatic heterocycles. The molecule has 0 aliphatic carbocycles. The largest absolute Gasteiger partial charge is 0.508 e. The number of benzene rings is 1. The molecule has 0 saturated heterocycles. The average molecular weight is 267 g/mol. The summed E-state index contributed by atoms with van der Waals surface area (Å²) in [5.41, 5.74) is 0.563. The van der Waals surface area contributed by atoms with Gasteiger partial charge in [-0.15, -0.1) is 0 Å². The van der Waals surface area contributed by atoms with Gasteiger partial charge in [0.1, 0.15) is 17.5 Å². The Labute approximate surface area is 112 Å². The van der Waals surface area contributed by atoms with E-state index in [9.17, 15) is 15.0 Å². The highest BCUT2D eigenvalue weighted by molar-refractivity contribution is 5.73. The molecule has 5 heteroatoms. The Kier molecular flexibility index (Phi) is 5.18. The number of aliphatic carboxylic acids is 1. The van der Waals surface area contributed by atoms with Crippen LogP contribution in [0.3, 0.4) is 0 Å². The molecule has 4 N–H and O–H groups in total. The van der Waals surface area contributed by atoms with Crippen molar-refractivity contribution < 1.29 is 20.1 Å². The first kappa shape index (κ1) is 15.3. The number of rotatable bonds is 6. The van der Waals surface area contributed by atoms with Gasteiger partial charge in [-0.05, 0) is 25.3 Å². The maximum Gasteiger partial charge on any atom is 0.320 e. The molecular weight excluding hydrogens is 246 g/mol. The van der Waals surface area contributed by atoms with E-state index in [0.717, 1.165) is 0 Å². The minimum atomic E-state index is -0.904. The second kappa shape index (κ2) is 6.43. The third-order valence-corrected chi connectivity index (χ3v) is 2.94. The van der Waals surface area contributed by atoms with Gasteiger partial charge in [-0.3, -0.25) is 10.1 Å². The van der Waals surface area contributed by atoms with Gasteiger partial charge in [0.2, 0.25) is 0 Å². The van der Waals surface area contributed by atoms with Crippen molar-refractivity contribution in [3.63, 3.8) is 0 Å². The fourth-order valence-corrected chi connectivity index (χ4v) is 2.00. The Morgan fingerprint density at radius 1 is 1.26 bits per heavy atom. The van der Waals surface area contributed by atoms with Crippen molar-refractivity contribution in [3.05, 3.63) is 23.8 Å². The summed E-state index contributed by atoms with van der Waals surface area (Å²) in [6.45, 7) is 5.70. The molecule has 0 fully saturated rings. The number of carbonyl (C=O) groups is 1. The standard InChI is InChI=1S/C14H21NO4/c1-8(2)6-12(14(18)19)15-9(3)11-5-4-10(16)7-13(11)17/h4-5,7-9,12,15-17H,6H2,1-3H3,(H,18,19). The van der Waals surface area contributed by atoms with Crippen LogP contribution in [0.5, 0.6) is 11.5 Å². The number of aromatic hydroxyl groups is 2. The Morgan fingerprint density at radius 2 is 1.89 bits per heavy atom. The number of phenolic OH excluding ortho intramolecular Hbond substituents is 2. The van der Waals surface area contributed by atoms with E-state index < -0.39 is 12.0 Å². The Hall–Kier alpha value is -1.75. The Balaban J connectivity index is 2.81. The molecule has 106 valence electrons. The first-order valence-corrected chi connectivity index (χ1v) is 6.32. The predicted molar refractivity (Wildman–Crippen MR) is 72.2 cm³/mol. The maximum atomic E-state index is 11.2. The van der Waals surface area contributed by atoms with Crippen LogP contribution in [0.2, 0.25) is 0 Å². The molecule has 5 nitrogen and oxygen atoms in total. The highest BCUT2D eigenvalue weighted by Gasteiger charge is 2.22.